The van der Waals surface area contributed by atoms with E-state index in [0.717, 1.165) is 18.4 Å². The molecule has 22 heavy (non-hydrogen) atoms. The number of benzene rings is 1. The van der Waals surface area contributed by atoms with Gasteiger partial charge in [-0.3, -0.25) is 15.0 Å². The third kappa shape index (κ3) is 5.29. The summed E-state index contributed by atoms with van der Waals surface area (Å²) in [5, 5.41) is 4.77. The van der Waals surface area contributed by atoms with E-state index in [1.54, 1.807) is 12.1 Å². The molecule has 118 valence electrons. The van der Waals surface area contributed by atoms with E-state index < -0.39 is 6.03 Å². The minimum Gasteiger partial charge on any atom is -0.334 e. The number of amides is 3. The van der Waals surface area contributed by atoms with Crippen LogP contribution in [0, 0.1) is 5.82 Å². The van der Waals surface area contributed by atoms with Crippen molar-refractivity contribution in [1.29, 1.82) is 0 Å². The lowest BCUT2D eigenvalue weighted by Gasteiger charge is -2.21. The highest BCUT2D eigenvalue weighted by Crippen LogP contribution is 2.28. The van der Waals surface area contributed by atoms with Crippen LogP contribution >= 0.6 is 0 Å². The summed E-state index contributed by atoms with van der Waals surface area (Å²) in [6, 6.07) is 6.06. The summed E-state index contributed by atoms with van der Waals surface area (Å²) in [6.45, 7) is 4.49. The summed E-state index contributed by atoms with van der Waals surface area (Å²) < 4.78 is 12.9. The number of hydrogen-bond acceptors (Lipinski definition) is 3. The quantitative estimate of drug-likeness (QED) is 0.755. The van der Waals surface area contributed by atoms with Gasteiger partial charge in [-0.25, -0.2) is 9.18 Å². The first-order valence-corrected chi connectivity index (χ1v) is 7.25. The summed E-state index contributed by atoms with van der Waals surface area (Å²) in [4.78, 5) is 25.3. The number of urea groups is 1. The van der Waals surface area contributed by atoms with Gasteiger partial charge in [0.25, 0.3) is 0 Å². The van der Waals surface area contributed by atoms with Gasteiger partial charge in [-0.2, -0.15) is 0 Å². The highest BCUT2D eigenvalue weighted by molar-refractivity contribution is 5.95. The van der Waals surface area contributed by atoms with Crippen LogP contribution in [0.3, 0.4) is 0 Å². The van der Waals surface area contributed by atoms with E-state index in [1.807, 2.05) is 4.90 Å². The van der Waals surface area contributed by atoms with E-state index in [1.165, 1.54) is 18.2 Å². The molecule has 2 rings (SSSR count). The van der Waals surface area contributed by atoms with Crippen molar-refractivity contribution < 1.29 is 14.0 Å². The lowest BCUT2D eigenvalue weighted by Crippen LogP contribution is -2.44. The van der Waals surface area contributed by atoms with Gasteiger partial charge in [0.15, 0.2) is 0 Å². The van der Waals surface area contributed by atoms with Gasteiger partial charge >= 0.3 is 6.03 Å². The monoisotopic (exact) mass is 305 g/mol. The van der Waals surface area contributed by atoms with Crippen LogP contribution < -0.4 is 10.6 Å². The normalized spacial score (nSPS) is 13.7. The molecule has 1 aliphatic carbocycles. The Morgan fingerprint density at radius 3 is 2.59 bits per heavy atom. The Hall–Kier alpha value is -2.21. The first-order chi connectivity index (χ1) is 10.6. The third-order valence-corrected chi connectivity index (χ3v) is 3.37. The fraction of sp³-hybridized carbons (Fsp3) is 0.375. The maximum Gasteiger partial charge on any atom is 0.321 e. The average Bonchev–Trinajstić information content (AvgIpc) is 3.31. The number of imide groups is 1. The molecular weight excluding hydrogens is 285 g/mol. The van der Waals surface area contributed by atoms with Crippen LogP contribution in [-0.4, -0.2) is 36.0 Å². The van der Waals surface area contributed by atoms with Gasteiger partial charge in [0, 0.05) is 19.1 Å². The number of rotatable bonds is 7. The molecule has 0 bridgehead atoms. The van der Waals surface area contributed by atoms with Gasteiger partial charge in [0.1, 0.15) is 5.82 Å². The minimum atomic E-state index is -0.526. The van der Waals surface area contributed by atoms with Crippen LogP contribution in [-0.2, 0) is 11.3 Å². The number of carbonyl (C=O) groups is 2. The number of nitrogens with one attached hydrogen (secondary N) is 2. The number of nitrogens with zero attached hydrogens (tertiary/aromatic N) is 1. The molecular formula is C16H20FN3O2. The lowest BCUT2D eigenvalue weighted by atomic mass is 10.2. The van der Waals surface area contributed by atoms with Gasteiger partial charge < -0.3 is 5.32 Å². The number of halogens is 1. The molecule has 1 saturated carbocycles. The van der Waals surface area contributed by atoms with Crippen molar-refractivity contribution in [3.05, 3.63) is 48.3 Å². The predicted octanol–water partition coefficient (Wildman–Crippen LogP) is 1.80. The Labute approximate surface area is 129 Å². The molecule has 1 aromatic rings. The smallest absolute Gasteiger partial charge is 0.321 e. The maximum atomic E-state index is 12.9. The minimum absolute atomic E-state index is 0.142. The van der Waals surface area contributed by atoms with Crippen molar-refractivity contribution in [2.45, 2.75) is 25.4 Å². The molecule has 0 atom stereocenters. The van der Waals surface area contributed by atoms with Gasteiger partial charge in [-0.05, 0) is 30.5 Å². The Kier molecular flexibility index (Phi) is 5.66. The molecule has 0 unspecified atom stereocenters. The zero-order chi connectivity index (χ0) is 15.9. The number of hydrogen-bond donors (Lipinski definition) is 2. The zero-order valence-corrected chi connectivity index (χ0v) is 12.3. The molecule has 0 aliphatic heterocycles. The van der Waals surface area contributed by atoms with Crippen LogP contribution in [0.5, 0.6) is 0 Å². The summed E-state index contributed by atoms with van der Waals surface area (Å²) in [7, 11) is 0. The Morgan fingerprint density at radius 2 is 2.00 bits per heavy atom. The summed E-state index contributed by atoms with van der Waals surface area (Å²) in [5.74, 6) is -0.631. The van der Waals surface area contributed by atoms with E-state index >= 15 is 0 Å². The van der Waals surface area contributed by atoms with Crippen molar-refractivity contribution in [2.24, 2.45) is 0 Å². The van der Waals surface area contributed by atoms with E-state index in [-0.39, 0.29) is 18.3 Å². The van der Waals surface area contributed by atoms with Crippen molar-refractivity contribution in [2.75, 3.05) is 13.1 Å². The third-order valence-electron chi connectivity index (χ3n) is 3.37. The molecule has 1 fully saturated rings. The summed E-state index contributed by atoms with van der Waals surface area (Å²) in [5.41, 5.74) is 0.942. The molecule has 6 heteroatoms. The van der Waals surface area contributed by atoms with E-state index in [0.29, 0.717) is 19.1 Å². The molecule has 1 aliphatic rings. The van der Waals surface area contributed by atoms with Gasteiger partial charge in [-0.15, -0.1) is 6.58 Å². The van der Waals surface area contributed by atoms with Crippen molar-refractivity contribution in [3.8, 4) is 0 Å². The highest BCUT2D eigenvalue weighted by atomic mass is 19.1. The maximum absolute atomic E-state index is 12.9. The average molecular weight is 305 g/mol. The van der Waals surface area contributed by atoms with Crippen LogP contribution in [0.25, 0.3) is 0 Å². The van der Waals surface area contributed by atoms with E-state index in [9.17, 15) is 14.0 Å². The van der Waals surface area contributed by atoms with Crippen LogP contribution in [0.1, 0.15) is 18.4 Å². The molecule has 0 aromatic heterocycles. The second-order valence-corrected chi connectivity index (χ2v) is 5.31. The molecule has 2 N–H and O–H groups in total. The Balaban J connectivity index is 1.86. The van der Waals surface area contributed by atoms with Crippen molar-refractivity contribution in [3.63, 3.8) is 0 Å². The van der Waals surface area contributed by atoms with Crippen molar-refractivity contribution in [1.82, 2.24) is 15.5 Å². The van der Waals surface area contributed by atoms with Gasteiger partial charge in [-0.1, -0.05) is 18.2 Å². The first-order valence-electron chi connectivity index (χ1n) is 7.25. The molecule has 3 amide bonds. The summed E-state index contributed by atoms with van der Waals surface area (Å²) >= 11 is 0. The predicted molar refractivity (Wildman–Crippen MR) is 81.6 cm³/mol. The zero-order valence-electron chi connectivity index (χ0n) is 12.3. The molecule has 1 aromatic carbocycles. The first kappa shape index (κ1) is 16.2. The van der Waals surface area contributed by atoms with Crippen molar-refractivity contribution >= 4 is 11.9 Å². The van der Waals surface area contributed by atoms with Crippen LogP contribution in [0.2, 0.25) is 0 Å². The topological polar surface area (TPSA) is 61.4 Å². The number of carbonyl (C=O) groups excluding carboxylic acids is 2. The largest absolute Gasteiger partial charge is 0.334 e. The van der Waals surface area contributed by atoms with Crippen LogP contribution in [0.4, 0.5) is 9.18 Å². The fourth-order valence-electron chi connectivity index (χ4n) is 2.14. The lowest BCUT2D eigenvalue weighted by molar-refractivity contribution is -0.121. The molecule has 0 radical (unpaired) electrons. The van der Waals surface area contributed by atoms with E-state index in [4.69, 9.17) is 0 Å². The van der Waals surface area contributed by atoms with Gasteiger partial charge in [0.05, 0.1) is 6.54 Å². The molecule has 0 spiro atoms. The Morgan fingerprint density at radius 1 is 1.32 bits per heavy atom. The summed E-state index contributed by atoms with van der Waals surface area (Å²) in [6.07, 6.45) is 3.61. The second-order valence-electron chi connectivity index (χ2n) is 5.31. The molecule has 0 saturated heterocycles. The second kappa shape index (κ2) is 7.70. The molecule has 0 heterocycles. The SMILES string of the molecule is C=CCNC(=O)NC(=O)CN(Cc1ccc(F)cc1)C1CC1. The Bertz CT molecular complexity index is 541. The van der Waals surface area contributed by atoms with Crippen LogP contribution in [0.15, 0.2) is 36.9 Å². The standard InChI is InChI=1S/C16H20FN3O2/c1-2-9-18-16(22)19-15(21)11-20(14-7-8-14)10-12-3-5-13(17)6-4-12/h2-6,14H,1,7-11H2,(H2,18,19,21,22). The van der Waals surface area contributed by atoms with E-state index in [2.05, 4.69) is 17.2 Å². The highest BCUT2D eigenvalue weighted by Gasteiger charge is 2.30. The molecule has 5 nitrogen and oxygen atoms in total. The fourth-order valence-corrected chi connectivity index (χ4v) is 2.14. The van der Waals surface area contributed by atoms with Gasteiger partial charge in [0.2, 0.25) is 5.91 Å².